The van der Waals surface area contributed by atoms with Gasteiger partial charge in [-0.15, -0.1) is 0 Å². The number of furan rings is 3. The summed E-state index contributed by atoms with van der Waals surface area (Å²) in [4.78, 5) is 15.2. The summed E-state index contributed by atoms with van der Waals surface area (Å²) >= 11 is 0. The van der Waals surface area contributed by atoms with Crippen molar-refractivity contribution in [2.24, 2.45) is 0 Å². The van der Waals surface area contributed by atoms with Gasteiger partial charge in [-0.25, -0.2) is 15.0 Å². The Morgan fingerprint density at radius 2 is 0.596 bits per heavy atom. The van der Waals surface area contributed by atoms with E-state index >= 15 is 0 Å². The molecule has 0 unspecified atom stereocenters. The minimum absolute atomic E-state index is 0.549. The van der Waals surface area contributed by atoms with Crippen LogP contribution in [0.25, 0.3) is 122 Å². The third-order valence-corrected chi connectivity index (χ3v) is 11.0. The lowest BCUT2D eigenvalue weighted by Crippen LogP contribution is -2.00. The zero-order valence-corrected chi connectivity index (χ0v) is 30.3. The summed E-state index contributed by atoms with van der Waals surface area (Å²) in [5.41, 5.74) is 12.0. The smallest absolute Gasteiger partial charge is 0.164 e. The summed E-state index contributed by atoms with van der Waals surface area (Å²) in [6.07, 6.45) is 0. The van der Waals surface area contributed by atoms with Crippen LogP contribution in [0.2, 0.25) is 0 Å². The van der Waals surface area contributed by atoms with Gasteiger partial charge in [0.25, 0.3) is 0 Å². The molecule has 6 heteroatoms. The molecule has 57 heavy (non-hydrogen) atoms. The molecule has 0 radical (unpaired) electrons. The summed E-state index contributed by atoms with van der Waals surface area (Å²) in [6.45, 7) is 0. The van der Waals surface area contributed by atoms with Crippen LogP contribution in [0.3, 0.4) is 0 Å². The predicted octanol–water partition coefficient (Wildman–Crippen LogP) is 13.9. The molecule has 0 aliphatic rings. The van der Waals surface area contributed by atoms with Crippen LogP contribution in [0.4, 0.5) is 0 Å². The monoisotopic (exact) mass is 731 g/mol. The molecule has 0 aliphatic heterocycles. The second-order valence-corrected chi connectivity index (χ2v) is 14.4. The number of para-hydroxylation sites is 2. The van der Waals surface area contributed by atoms with Crippen LogP contribution in [0.1, 0.15) is 0 Å². The highest BCUT2D eigenvalue weighted by Gasteiger charge is 2.17. The second kappa shape index (κ2) is 12.3. The van der Waals surface area contributed by atoms with E-state index in [1.165, 1.54) is 0 Å². The van der Waals surface area contributed by atoms with Crippen molar-refractivity contribution in [3.63, 3.8) is 0 Å². The molecule has 0 atom stereocenters. The van der Waals surface area contributed by atoms with Gasteiger partial charge < -0.3 is 13.3 Å². The van der Waals surface area contributed by atoms with Gasteiger partial charge in [-0.2, -0.15) is 0 Å². The SMILES string of the molecule is c1ccc(-c2ccc3oc4cc(-c5nc(-c6ccc(-c7ccc8oc9ccccc9c8c7)cc6)nc(-c6ccc7c(c6)oc6ccccc67)n5)ccc4c3c2)cc1. The molecule has 12 aromatic rings. The van der Waals surface area contributed by atoms with Crippen molar-refractivity contribution in [1.82, 2.24) is 15.0 Å². The maximum Gasteiger partial charge on any atom is 0.164 e. The molecule has 0 spiro atoms. The largest absolute Gasteiger partial charge is 0.456 e. The van der Waals surface area contributed by atoms with Crippen LogP contribution in [0, 0.1) is 0 Å². The summed E-state index contributed by atoms with van der Waals surface area (Å²) in [6, 6.07) is 60.1. The molecule has 4 heterocycles. The third-order valence-electron chi connectivity index (χ3n) is 11.0. The average Bonchev–Trinajstić information content (AvgIpc) is 3.96. The first-order valence-corrected chi connectivity index (χ1v) is 18.9. The number of aromatic nitrogens is 3. The molecule has 8 aromatic carbocycles. The van der Waals surface area contributed by atoms with Crippen molar-refractivity contribution in [3.05, 3.63) is 176 Å². The number of benzene rings is 8. The number of nitrogens with zero attached hydrogens (tertiary/aromatic N) is 3. The highest BCUT2D eigenvalue weighted by atomic mass is 16.3. The number of hydrogen-bond acceptors (Lipinski definition) is 6. The quantitative estimate of drug-likeness (QED) is 0.175. The maximum atomic E-state index is 6.42. The van der Waals surface area contributed by atoms with Crippen molar-refractivity contribution in [3.8, 4) is 56.4 Å². The third kappa shape index (κ3) is 5.23. The van der Waals surface area contributed by atoms with E-state index in [9.17, 15) is 0 Å². The van der Waals surface area contributed by atoms with Crippen LogP contribution in [0.5, 0.6) is 0 Å². The van der Waals surface area contributed by atoms with E-state index in [1.54, 1.807) is 0 Å². The highest BCUT2D eigenvalue weighted by molar-refractivity contribution is 6.08. The van der Waals surface area contributed by atoms with Crippen LogP contribution < -0.4 is 0 Å². The van der Waals surface area contributed by atoms with Gasteiger partial charge in [-0.1, -0.05) is 115 Å². The maximum absolute atomic E-state index is 6.42. The first kappa shape index (κ1) is 31.5. The summed E-state index contributed by atoms with van der Waals surface area (Å²) in [5, 5.41) is 6.43. The molecule has 0 amide bonds. The molecule has 0 fully saturated rings. The lowest BCUT2D eigenvalue weighted by Gasteiger charge is -2.09. The summed E-state index contributed by atoms with van der Waals surface area (Å²) in [7, 11) is 0. The fourth-order valence-corrected chi connectivity index (χ4v) is 8.07. The van der Waals surface area contributed by atoms with Crippen LogP contribution in [0.15, 0.2) is 189 Å². The fraction of sp³-hybridized carbons (Fsp3) is 0. The first-order chi connectivity index (χ1) is 28.2. The van der Waals surface area contributed by atoms with Crippen molar-refractivity contribution in [1.29, 1.82) is 0 Å². The molecule has 0 bridgehead atoms. The van der Waals surface area contributed by atoms with Gasteiger partial charge in [-0.3, -0.25) is 0 Å². The molecule has 0 N–H and O–H groups in total. The molecule has 0 saturated heterocycles. The van der Waals surface area contributed by atoms with Crippen molar-refractivity contribution < 1.29 is 13.3 Å². The van der Waals surface area contributed by atoms with E-state index in [2.05, 4.69) is 109 Å². The molecule has 0 saturated carbocycles. The van der Waals surface area contributed by atoms with Gasteiger partial charge in [0.15, 0.2) is 17.5 Å². The molecule has 4 aromatic heterocycles. The summed E-state index contributed by atoms with van der Waals surface area (Å²) in [5.74, 6) is 1.67. The minimum Gasteiger partial charge on any atom is -0.456 e. The zero-order chi connectivity index (χ0) is 37.5. The Labute approximate surface area is 325 Å². The van der Waals surface area contributed by atoms with Crippen molar-refractivity contribution in [2.75, 3.05) is 0 Å². The second-order valence-electron chi connectivity index (χ2n) is 14.4. The lowest BCUT2D eigenvalue weighted by molar-refractivity contribution is 0.668. The molecule has 12 rings (SSSR count). The fourth-order valence-electron chi connectivity index (χ4n) is 8.07. The molecular formula is C51H29N3O3. The van der Waals surface area contributed by atoms with E-state index in [4.69, 9.17) is 28.2 Å². The predicted molar refractivity (Wildman–Crippen MR) is 229 cm³/mol. The van der Waals surface area contributed by atoms with Gasteiger partial charge in [0.1, 0.15) is 33.5 Å². The molecular weight excluding hydrogens is 703 g/mol. The van der Waals surface area contributed by atoms with Crippen LogP contribution in [-0.2, 0) is 0 Å². The Balaban J connectivity index is 0.975. The van der Waals surface area contributed by atoms with E-state index in [-0.39, 0.29) is 0 Å². The Hall–Kier alpha value is -7.83. The van der Waals surface area contributed by atoms with Crippen LogP contribution >= 0.6 is 0 Å². The van der Waals surface area contributed by atoms with Crippen molar-refractivity contribution in [2.45, 2.75) is 0 Å². The highest BCUT2D eigenvalue weighted by Crippen LogP contribution is 2.37. The number of hydrogen-bond donors (Lipinski definition) is 0. The van der Waals surface area contributed by atoms with E-state index < -0.39 is 0 Å². The van der Waals surface area contributed by atoms with Gasteiger partial charge in [0.2, 0.25) is 0 Å². The zero-order valence-electron chi connectivity index (χ0n) is 30.3. The molecule has 266 valence electrons. The van der Waals surface area contributed by atoms with Gasteiger partial charge in [0, 0.05) is 49.0 Å². The summed E-state index contributed by atoms with van der Waals surface area (Å²) < 4.78 is 18.8. The van der Waals surface area contributed by atoms with Gasteiger partial charge >= 0.3 is 0 Å². The normalized spacial score (nSPS) is 11.9. The average molecular weight is 732 g/mol. The Morgan fingerprint density at radius 3 is 1.18 bits per heavy atom. The lowest BCUT2D eigenvalue weighted by atomic mass is 10.0. The standard InChI is InChI=1S/C51H29N3O3/c1-2-8-30(9-3-1)33-20-25-46-42(26-33)40-23-19-36(29-48(40)57-46)51-53-49(52-50(54-51)35-18-22-39-37-10-4-6-12-43(37)56-47(39)28-35)32-16-14-31(15-17-32)34-21-24-45-41(27-34)38-11-5-7-13-44(38)55-45/h1-29H. The minimum atomic E-state index is 0.549. The van der Waals surface area contributed by atoms with E-state index in [1.807, 2.05) is 66.7 Å². The topological polar surface area (TPSA) is 78.1 Å². The van der Waals surface area contributed by atoms with Gasteiger partial charge in [-0.05, 0) is 82.9 Å². The molecule has 6 nitrogen and oxygen atoms in total. The Morgan fingerprint density at radius 1 is 0.228 bits per heavy atom. The Bertz CT molecular complexity index is 3520. The van der Waals surface area contributed by atoms with Crippen molar-refractivity contribution >= 4 is 65.8 Å². The molecule has 0 aliphatic carbocycles. The number of fused-ring (bicyclic) bond motifs is 9. The van der Waals surface area contributed by atoms with E-state index in [0.29, 0.717) is 17.5 Å². The van der Waals surface area contributed by atoms with E-state index in [0.717, 1.165) is 105 Å². The number of rotatable bonds is 5. The first-order valence-electron chi connectivity index (χ1n) is 18.9. The Kier molecular flexibility index (Phi) is 6.83. The van der Waals surface area contributed by atoms with Crippen LogP contribution in [-0.4, -0.2) is 15.0 Å². The van der Waals surface area contributed by atoms with Gasteiger partial charge in [0.05, 0.1) is 0 Å².